The monoisotopic (exact) mass is 406 g/mol. The molecule has 7 nitrogen and oxygen atoms in total. The molecule has 0 aliphatic heterocycles. The summed E-state index contributed by atoms with van der Waals surface area (Å²) >= 11 is 0. The zero-order chi connectivity index (χ0) is 20.7. The number of aryl methyl sites for hydroxylation is 2. The molecule has 2 rings (SSSR count). The Balaban J connectivity index is 2.58. The SMILES string of the molecule is CCOP(=O)(OCC)/C(=C/Nc1ccc(C)nc1)c1cc(C)c(O)c(OC)c1. The molecule has 0 fully saturated rings. The normalized spacial score (nSPS) is 12.1. The Morgan fingerprint density at radius 2 is 1.89 bits per heavy atom. The second-order valence-electron chi connectivity index (χ2n) is 6.04. The van der Waals surface area contributed by atoms with E-state index in [-0.39, 0.29) is 24.7 Å². The number of aromatic hydroxyl groups is 1. The fraction of sp³-hybridized carbons (Fsp3) is 0.350. The van der Waals surface area contributed by atoms with Crippen molar-refractivity contribution >= 4 is 18.6 Å². The molecule has 0 saturated heterocycles. The number of pyridine rings is 1. The average Bonchev–Trinajstić information content (AvgIpc) is 2.66. The number of phenols is 1. The van der Waals surface area contributed by atoms with Gasteiger partial charge in [0.25, 0.3) is 0 Å². The second-order valence-corrected chi connectivity index (χ2v) is 8.03. The van der Waals surface area contributed by atoms with Gasteiger partial charge >= 0.3 is 7.60 Å². The van der Waals surface area contributed by atoms with Crippen LogP contribution in [0.2, 0.25) is 0 Å². The van der Waals surface area contributed by atoms with Crippen molar-refractivity contribution in [3.8, 4) is 11.5 Å². The Morgan fingerprint density at radius 3 is 2.43 bits per heavy atom. The van der Waals surface area contributed by atoms with Crippen LogP contribution in [0.3, 0.4) is 0 Å². The van der Waals surface area contributed by atoms with Crippen molar-refractivity contribution < 1.29 is 23.5 Å². The van der Waals surface area contributed by atoms with Crippen LogP contribution < -0.4 is 10.1 Å². The van der Waals surface area contributed by atoms with E-state index in [1.54, 1.807) is 45.3 Å². The molecule has 1 heterocycles. The maximum Gasteiger partial charge on any atom is 0.363 e. The summed E-state index contributed by atoms with van der Waals surface area (Å²) in [6.07, 6.45) is 3.27. The first-order valence-corrected chi connectivity index (χ1v) is 10.6. The lowest BCUT2D eigenvalue weighted by atomic mass is 10.1. The number of methoxy groups -OCH3 is 1. The molecule has 28 heavy (non-hydrogen) atoms. The minimum Gasteiger partial charge on any atom is -0.504 e. The first-order valence-electron chi connectivity index (χ1n) is 9.01. The molecule has 0 aliphatic rings. The number of phenolic OH excluding ortho intramolecular Hbond substituents is 1. The van der Waals surface area contributed by atoms with E-state index in [2.05, 4.69) is 10.3 Å². The van der Waals surface area contributed by atoms with E-state index in [1.807, 2.05) is 19.1 Å². The van der Waals surface area contributed by atoms with E-state index in [4.69, 9.17) is 13.8 Å². The van der Waals surface area contributed by atoms with Crippen LogP contribution in [0, 0.1) is 13.8 Å². The predicted molar refractivity (Wildman–Crippen MR) is 111 cm³/mol. The minimum atomic E-state index is -3.62. The van der Waals surface area contributed by atoms with Crippen molar-refractivity contribution in [2.45, 2.75) is 27.7 Å². The van der Waals surface area contributed by atoms with Crippen LogP contribution in [-0.4, -0.2) is 30.4 Å². The van der Waals surface area contributed by atoms with E-state index in [0.29, 0.717) is 16.4 Å². The summed E-state index contributed by atoms with van der Waals surface area (Å²) < 4.78 is 29.8. The highest BCUT2D eigenvalue weighted by atomic mass is 31.2. The fourth-order valence-corrected chi connectivity index (χ4v) is 4.29. The third kappa shape index (κ3) is 5.13. The highest BCUT2D eigenvalue weighted by Gasteiger charge is 2.32. The number of hydrogen-bond donors (Lipinski definition) is 2. The van der Waals surface area contributed by atoms with Crippen molar-refractivity contribution in [3.05, 3.63) is 53.5 Å². The standard InChI is InChI=1S/C20H27N2O5P/c1-6-26-28(24,27-7-2)19(13-22-17-9-8-15(4)21-12-17)16-10-14(3)20(23)18(11-16)25-5/h8-13,22-23H,6-7H2,1-5H3/b19-13+. The van der Waals surface area contributed by atoms with E-state index in [0.717, 1.165) is 11.4 Å². The quantitative estimate of drug-likeness (QED) is 0.561. The summed E-state index contributed by atoms with van der Waals surface area (Å²) in [5, 5.41) is 13.6. The van der Waals surface area contributed by atoms with Gasteiger partial charge in [0.1, 0.15) is 0 Å². The minimum absolute atomic E-state index is 0.0314. The molecule has 0 unspecified atom stereocenters. The Bertz CT molecular complexity index is 871. The molecule has 0 amide bonds. The summed E-state index contributed by atoms with van der Waals surface area (Å²) in [5.74, 6) is 0.307. The van der Waals surface area contributed by atoms with E-state index >= 15 is 0 Å². The summed E-state index contributed by atoms with van der Waals surface area (Å²) in [5.41, 5.74) is 2.76. The number of ether oxygens (including phenoxy) is 1. The maximum absolute atomic E-state index is 13.5. The topological polar surface area (TPSA) is 89.9 Å². The molecule has 2 N–H and O–H groups in total. The largest absolute Gasteiger partial charge is 0.504 e. The zero-order valence-corrected chi connectivity index (χ0v) is 17.7. The number of hydrogen-bond acceptors (Lipinski definition) is 7. The third-order valence-electron chi connectivity index (χ3n) is 3.96. The smallest absolute Gasteiger partial charge is 0.363 e. The zero-order valence-electron chi connectivity index (χ0n) is 16.9. The van der Waals surface area contributed by atoms with Gasteiger partial charge in [0.2, 0.25) is 0 Å². The van der Waals surface area contributed by atoms with Gasteiger partial charge in [-0.3, -0.25) is 9.55 Å². The second kappa shape index (κ2) is 9.73. The Kier molecular flexibility index (Phi) is 7.63. The van der Waals surface area contributed by atoms with Gasteiger partial charge in [-0.25, -0.2) is 0 Å². The molecule has 152 valence electrons. The molecule has 0 aliphatic carbocycles. The van der Waals surface area contributed by atoms with Gasteiger partial charge in [-0.1, -0.05) is 0 Å². The van der Waals surface area contributed by atoms with Crippen LogP contribution in [0.15, 0.2) is 36.7 Å². The summed E-state index contributed by atoms with van der Waals surface area (Å²) in [7, 11) is -2.16. The molecule has 2 aromatic rings. The fourth-order valence-electron chi connectivity index (χ4n) is 2.59. The summed E-state index contributed by atoms with van der Waals surface area (Å²) in [6.45, 7) is 7.58. The molecular formula is C20H27N2O5P. The number of benzene rings is 1. The van der Waals surface area contributed by atoms with Gasteiger partial charge in [0, 0.05) is 11.9 Å². The Morgan fingerprint density at radius 1 is 1.21 bits per heavy atom. The molecule has 1 aromatic heterocycles. The van der Waals surface area contributed by atoms with Gasteiger partial charge in [0.05, 0.1) is 37.5 Å². The number of rotatable bonds is 9. The lowest BCUT2D eigenvalue weighted by Crippen LogP contribution is -2.02. The van der Waals surface area contributed by atoms with Crippen LogP contribution in [0.5, 0.6) is 11.5 Å². The van der Waals surface area contributed by atoms with Crippen molar-refractivity contribution in [3.63, 3.8) is 0 Å². The lowest BCUT2D eigenvalue weighted by molar-refractivity contribution is 0.230. The van der Waals surface area contributed by atoms with Crippen LogP contribution in [0.25, 0.3) is 5.31 Å². The van der Waals surface area contributed by atoms with Gasteiger partial charge in [-0.15, -0.1) is 0 Å². The maximum atomic E-state index is 13.5. The van der Waals surface area contributed by atoms with Crippen LogP contribution in [0.4, 0.5) is 5.69 Å². The van der Waals surface area contributed by atoms with Gasteiger partial charge < -0.3 is 24.2 Å². The molecular weight excluding hydrogens is 379 g/mol. The van der Waals surface area contributed by atoms with Crippen molar-refractivity contribution in [2.24, 2.45) is 0 Å². The first-order chi connectivity index (χ1) is 13.3. The predicted octanol–water partition coefficient (Wildman–Crippen LogP) is 5.09. The molecule has 0 spiro atoms. The van der Waals surface area contributed by atoms with E-state index in [9.17, 15) is 9.67 Å². The average molecular weight is 406 g/mol. The Labute approximate surface area is 165 Å². The van der Waals surface area contributed by atoms with Crippen LogP contribution in [-0.2, 0) is 13.6 Å². The lowest BCUT2D eigenvalue weighted by Gasteiger charge is -2.21. The first kappa shape index (κ1) is 22.0. The van der Waals surface area contributed by atoms with Crippen LogP contribution >= 0.6 is 7.60 Å². The number of nitrogens with zero attached hydrogens (tertiary/aromatic N) is 1. The number of nitrogens with one attached hydrogen (secondary N) is 1. The van der Waals surface area contributed by atoms with E-state index in [1.165, 1.54) is 7.11 Å². The highest BCUT2D eigenvalue weighted by molar-refractivity contribution is 7.65. The van der Waals surface area contributed by atoms with Crippen molar-refractivity contribution in [2.75, 3.05) is 25.6 Å². The van der Waals surface area contributed by atoms with Crippen LogP contribution in [0.1, 0.15) is 30.7 Å². The molecule has 0 bridgehead atoms. The van der Waals surface area contributed by atoms with Crippen molar-refractivity contribution in [1.29, 1.82) is 0 Å². The van der Waals surface area contributed by atoms with Crippen molar-refractivity contribution in [1.82, 2.24) is 4.98 Å². The molecule has 8 heteroatoms. The van der Waals surface area contributed by atoms with E-state index < -0.39 is 7.60 Å². The van der Waals surface area contributed by atoms with Gasteiger partial charge in [0.15, 0.2) is 11.5 Å². The molecule has 0 atom stereocenters. The molecule has 0 saturated carbocycles. The Hall–Kier alpha value is -2.34. The summed E-state index contributed by atoms with van der Waals surface area (Å²) in [4.78, 5) is 4.24. The van der Waals surface area contributed by atoms with Gasteiger partial charge in [-0.05, 0) is 63.1 Å². The summed E-state index contributed by atoms with van der Waals surface area (Å²) in [6, 6.07) is 7.05. The van der Waals surface area contributed by atoms with Gasteiger partial charge in [-0.2, -0.15) is 0 Å². The number of aromatic nitrogens is 1. The third-order valence-corrected chi connectivity index (χ3v) is 6.13. The molecule has 0 radical (unpaired) electrons. The number of anilines is 1. The molecule has 1 aromatic carbocycles. The highest BCUT2D eigenvalue weighted by Crippen LogP contribution is 2.61.